The number of rotatable bonds is 7. The molecule has 0 spiro atoms. The number of aromatic amines is 1. The summed E-state index contributed by atoms with van der Waals surface area (Å²) in [6, 6.07) is 17.4. The van der Waals surface area contributed by atoms with Crippen molar-refractivity contribution >= 4 is 10.9 Å². The smallest absolute Gasteiger partial charge is 0.128 e. The highest BCUT2D eigenvalue weighted by molar-refractivity contribution is 5.85. The zero-order chi connectivity index (χ0) is 17.6. The number of hydrogen-bond acceptors (Lipinski definition) is 4. The maximum absolute atomic E-state index is 10.3. The summed E-state index contributed by atoms with van der Waals surface area (Å²) >= 11 is 0. The summed E-state index contributed by atoms with van der Waals surface area (Å²) < 4.78 is 5.79. The summed E-state index contributed by atoms with van der Waals surface area (Å²) in [5.41, 5.74) is 2.71. The molecule has 3 aromatic rings. The number of nitrogens with zero attached hydrogens (tertiary/aromatic N) is 2. The van der Waals surface area contributed by atoms with Crippen LogP contribution < -0.4 is 4.74 Å². The number of likely N-dealkylation sites (N-methyl/N-ethyl adjacent to an activating group) is 1. The van der Waals surface area contributed by atoms with E-state index >= 15 is 0 Å². The van der Waals surface area contributed by atoms with Crippen molar-refractivity contribution in [3.63, 3.8) is 0 Å². The number of aromatic nitrogens is 1. The van der Waals surface area contributed by atoms with Gasteiger partial charge in [0.25, 0.3) is 0 Å². The topological polar surface area (TPSA) is 72.3 Å². The molecule has 5 heteroatoms. The Morgan fingerprint density at radius 2 is 2.08 bits per heavy atom. The molecule has 25 heavy (non-hydrogen) atoms. The lowest BCUT2D eigenvalue weighted by molar-refractivity contribution is 0.0750. The fraction of sp³-hybridized carbons (Fsp3) is 0.250. The number of nitriles is 1. The molecule has 0 fully saturated rings. The molecule has 5 nitrogen and oxygen atoms in total. The average Bonchev–Trinajstić information content (AvgIpc) is 3.09. The molecule has 1 heterocycles. The van der Waals surface area contributed by atoms with E-state index < -0.39 is 6.10 Å². The molecule has 0 radical (unpaired) electrons. The number of aliphatic hydroxyl groups excluding tert-OH is 1. The van der Waals surface area contributed by atoms with E-state index in [2.05, 4.69) is 11.1 Å². The van der Waals surface area contributed by atoms with Crippen LogP contribution in [0.15, 0.2) is 54.7 Å². The van der Waals surface area contributed by atoms with Gasteiger partial charge >= 0.3 is 0 Å². The third-order valence-corrected chi connectivity index (χ3v) is 4.02. The lowest BCUT2D eigenvalue weighted by Gasteiger charge is -2.21. The molecule has 128 valence electrons. The van der Waals surface area contributed by atoms with Gasteiger partial charge in [-0.15, -0.1) is 0 Å². The molecule has 0 amide bonds. The van der Waals surface area contributed by atoms with Crippen molar-refractivity contribution in [2.45, 2.75) is 12.6 Å². The second-order valence-corrected chi connectivity index (χ2v) is 6.17. The van der Waals surface area contributed by atoms with E-state index in [1.165, 1.54) is 0 Å². The number of benzene rings is 2. The quantitative estimate of drug-likeness (QED) is 0.696. The molecular formula is C20H21N3O2. The van der Waals surface area contributed by atoms with E-state index in [1.807, 2.05) is 60.6 Å². The number of H-pyrrole nitrogens is 1. The van der Waals surface area contributed by atoms with Gasteiger partial charge in [0.05, 0.1) is 11.6 Å². The molecule has 0 aliphatic carbocycles. The molecule has 1 atom stereocenters. The molecule has 0 saturated heterocycles. The molecule has 0 aliphatic rings. The summed E-state index contributed by atoms with van der Waals surface area (Å²) in [6.07, 6.45) is 1.27. The van der Waals surface area contributed by atoms with Crippen LogP contribution in [0.3, 0.4) is 0 Å². The van der Waals surface area contributed by atoms with E-state index in [0.717, 1.165) is 22.2 Å². The molecule has 1 aromatic heterocycles. The van der Waals surface area contributed by atoms with E-state index in [1.54, 1.807) is 6.07 Å². The summed E-state index contributed by atoms with van der Waals surface area (Å²) in [5.74, 6) is 0.766. The molecule has 2 N–H and O–H groups in total. The second kappa shape index (κ2) is 7.84. The number of hydrogen-bond donors (Lipinski definition) is 2. The fourth-order valence-electron chi connectivity index (χ4n) is 2.90. The lowest BCUT2D eigenvalue weighted by Crippen LogP contribution is -2.32. The van der Waals surface area contributed by atoms with Crippen LogP contribution in [-0.4, -0.2) is 41.3 Å². The van der Waals surface area contributed by atoms with Gasteiger partial charge in [-0.1, -0.05) is 18.2 Å². The van der Waals surface area contributed by atoms with Crippen molar-refractivity contribution in [1.82, 2.24) is 9.88 Å². The molecule has 3 rings (SSSR count). The first-order valence-corrected chi connectivity index (χ1v) is 8.20. The molecular weight excluding hydrogens is 314 g/mol. The Bertz CT molecular complexity index is 882. The highest BCUT2D eigenvalue weighted by atomic mass is 16.5. The monoisotopic (exact) mass is 335 g/mol. The van der Waals surface area contributed by atoms with Gasteiger partial charge in [0.2, 0.25) is 0 Å². The summed E-state index contributed by atoms with van der Waals surface area (Å²) in [5, 5.41) is 20.2. The minimum atomic E-state index is -0.599. The van der Waals surface area contributed by atoms with Crippen LogP contribution in [0.1, 0.15) is 11.1 Å². The van der Waals surface area contributed by atoms with Gasteiger partial charge in [0, 0.05) is 30.2 Å². The number of nitrogens with one attached hydrogen (secondary N) is 1. The summed E-state index contributed by atoms with van der Waals surface area (Å²) in [4.78, 5) is 5.16. The van der Waals surface area contributed by atoms with Crippen LogP contribution in [-0.2, 0) is 6.54 Å². The first kappa shape index (κ1) is 17.0. The van der Waals surface area contributed by atoms with Crippen LogP contribution in [0.2, 0.25) is 0 Å². The van der Waals surface area contributed by atoms with Gasteiger partial charge < -0.3 is 14.8 Å². The standard InChI is InChI=1S/C20H21N3O2/c1-23(12-16-5-2-4-15(10-16)11-21)13-17(24)14-25-20-7-3-6-19-18(20)8-9-22-19/h2-10,17,22,24H,12-14H2,1H3. The van der Waals surface area contributed by atoms with Gasteiger partial charge in [0.15, 0.2) is 0 Å². The van der Waals surface area contributed by atoms with Crippen molar-refractivity contribution in [3.8, 4) is 11.8 Å². The predicted octanol–water partition coefficient (Wildman–Crippen LogP) is 2.91. The van der Waals surface area contributed by atoms with Gasteiger partial charge in [0.1, 0.15) is 18.5 Å². The molecule has 1 unspecified atom stereocenters. The van der Waals surface area contributed by atoms with Crippen LogP contribution >= 0.6 is 0 Å². The van der Waals surface area contributed by atoms with Gasteiger partial charge in [-0.3, -0.25) is 4.90 Å². The third kappa shape index (κ3) is 4.38. The van der Waals surface area contributed by atoms with Gasteiger partial charge in [-0.2, -0.15) is 5.26 Å². The van der Waals surface area contributed by atoms with Crippen molar-refractivity contribution in [1.29, 1.82) is 5.26 Å². The van der Waals surface area contributed by atoms with Crippen molar-refractivity contribution in [3.05, 3.63) is 65.9 Å². The van der Waals surface area contributed by atoms with Crippen molar-refractivity contribution in [2.24, 2.45) is 0 Å². The van der Waals surface area contributed by atoms with E-state index in [-0.39, 0.29) is 6.61 Å². The van der Waals surface area contributed by atoms with Crippen LogP contribution in [0.4, 0.5) is 0 Å². The SMILES string of the molecule is CN(Cc1cccc(C#N)c1)CC(O)COc1cccc2[nH]ccc12. The van der Waals surface area contributed by atoms with Gasteiger partial charge in [-0.05, 0) is 42.9 Å². The minimum absolute atomic E-state index is 0.229. The Morgan fingerprint density at radius 1 is 1.24 bits per heavy atom. The Kier molecular flexibility index (Phi) is 5.34. The van der Waals surface area contributed by atoms with E-state index in [4.69, 9.17) is 10.00 Å². The minimum Gasteiger partial charge on any atom is -0.490 e. The first-order valence-electron chi connectivity index (χ1n) is 8.20. The Labute approximate surface area is 147 Å². The number of aliphatic hydroxyl groups is 1. The number of ether oxygens (including phenoxy) is 1. The van der Waals surface area contributed by atoms with E-state index in [0.29, 0.717) is 18.7 Å². The van der Waals surface area contributed by atoms with Gasteiger partial charge in [-0.25, -0.2) is 0 Å². The normalized spacial score (nSPS) is 12.2. The second-order valence-electron chi connectivity index (χ2n) is 6.17. The fourth-order valence-corrected chi connectivity index (χ4v) is 2.90. The molecule has 0 saturated carbocycles. The maximum atomic E-state index is 10.3. The van der Waals surface area contributed by atoms with Crippen molar-refractivity contribution < 1.29 is 9.84 Å². The Hall–Kier alpha value is -2.81. The maximum Gasteiger partial charge on any atom is 0.128 e. The Balaban J connectivity index is 1.52. The Morgan fingerprint density at radius 3 is 2.92 bits per heavy atom. The van der Waals surface area contributed by atoms with Crippen LogP contribution in [0, 0.1) is 11.3 Å². The van der Waals surface area contributed by atoms with Crippen LogP contribution in [0.25, 0.3) is 10.9 Å². The summed E-state index contributed by atoms with van der Waals surface area (Å²) in [6.45, 7) is 1.38. The highest BCUT2D eigenvalue weighted by Crippen LogP contribution is 2.24. The zero-order valence-corrected chi connectivity index (χ0v) is 14.1. The van der Waals surface area contributed by atoms with E-state index in [9.17, 15) is 5.11 Å². The van der Waals surface area contributed by atoms with Crippen molar-refractivity contribution in [2.75, 3.05) is 20.2 Å². The van der Waals surface area contributed by atoms with Crippen LogP contribution in [0.5, 0.6) is 5.75 Å². The first-order chi connectivity index (χ1) is 12.2. The molecule has 0 bridgehead atoms. The number of fused-ring (bicyclic) bond motifs is 1. The molecule has 2 aromatic carbocycles. The third-order valence-electron chi connectivity index (χ3n) is 4.02. The zero-order valence-electron chi connectivity index (χ0n) is 14.1. The largest absolute Gasteiger partial charge is 0.490 e. The average molecular weight is 335 g/mol. The molecule has 0 aliphatic heterocycles. The lowest BCUT2D eigenvalue weighted by atomic mass is 10.1. The summed E-state index contributed by atoms with van der Waals surface area (Å²) in [7, 11) is 1.94. The predicted molar refractivity (Wildman–Crippen MR) is 97.3 cm³/mol. The highest BCUT2D eigenvalue weighted by Gasteiger charge is 2.11.